The van der Waals surface area contributed by atoms with Crippen molar-refractivity contribution >= 4 is 44.5 Å². The fourth-order valence-electron chi connectivity index (χ4n) is 1.10. The summed E-state index contributed by atoms with van der Waals surface area (Å²) in [6, 6.07) is 3.61. The van der Waals surface area contributed by atoms with Gasteiger partial charge in [0.05, 0.1) is 0 Å². The number of aliphatic hydroxyl groups is 1. The Kier molecular flexibility index (Phi) is 3.91. The Morgan fingerprint density at radius 1 is 1.57 bits per heavy atom. The summed E-state index contributed by atoms with van der Waals surface area (Å²) in [5.41, 5.74) is 1.42. The zero-order valence-electron chi connectivity index (χ0n) is 7.29. The minimum Gasteiger partial charge on any atom is -0.479 e. The molecule has 0 heterocycles. The average molecular weight is 371 g/mol. The van der Waals surface area contributed by atoms with E-state index in [-0.39, 0.29) is 0 Å². The molecular weight excluding hydrogens is 363 g/mol. The van der Waals surface area contributed by atoms with Gasteiger partial charge in [0.25, 0.3) is 0 Å². The van der Waals surface area contributed by atoms with Crippen molar-refractivity contribution in [2.75, 3.05) is 0 Å². The van der Waals surface area contributed by atoms with E-state index < -0.39 is 12.1 Å². The van der Waals surface area contributed by atoms with Crippen molar-refractivity contribution in [1.29, 1.82) is 0 Å². The Hall–Kier alpha value is -0.140. The van der Waals surface area contributed by atoms with Crippen molar-refractivity contribution in [3.8, 4) is 0 Å². The van der Waals surface area contributed by atoms with Gasteiger partial charge in [-0.15, -0.1) is 0 Å². The molecule has 1 atom stereocenters. The van der Waals surface area contributed by atoms with Crippen molar-refractivity contribution in [3.05, 3.63) is 31.3 Å². The first-order valence-electron chi connectivity index (χ1n) is 3.80. The molecule has 1 aromatic rings. The van der Waals surface area contributed by atoms with E-state index in [0.29, 0.717) is 10.0 Å². The van der Waals surface area contributed by atoms with Crippen LogP contribution in [0, 0.1) is 10.5 Å². The molecule has 5 heteroatoms. The number of carboxylic acids is 1. The summed E-state index contributed by atoms with van der Waals surface area (Å²) in [6.45, 7) is 1.91. The molecule has 0 amide bonds. The van der Waals surface area contributed by atoms with Crippen LogP contribution in [0.2, 0.25) is 0 Å². The molecule has 2 N–H and O–H groups in total. The molecule has 14 heavy (non-hydrogen) atoms. The molecule has 0 saturated heterocycles. The molecule has 0 aliphatic heterocycles. The van der Waals surface area contributed by atoms with Gasteiger partial charge in [-0.1, -0.05) is 15.9 Å². The van der Waals surface area contributed by atoms with Crippen LogP contribution in [0.1, 0.15) is 17.2 Å². The van der Waals surface area contributed by atoms with Crippen molar-refractivity contribution in [3.63, 3.8) is 0 Å². The first-order valence-corrected chi connectivity index (χ1v) is 5.67. The van der Waals surface area contributed by atoms with Gasteiger partial charge in [-0.2, -0.15) is 0 Å². The van der Waals surface area contributed by atoms with E-state index in [9.17, 15) is 9.90 Å². The lowest BCUT2D eigenvalue weighted by Gasteiger charge is -2.11. The molecule has 0 aliphatic carbocycles. The number of hydrogen-bond acceptors (Lipinski definition) is 2. The van der Waals surface area contributed by atoms with E-state index >= 15 is 0 Å². The molecule has 3 nitrogen and oxygen atoms in total. The number of carbonyl (C=O) groups is 1. The van der Waals surface area contributed by atoms with Crippen LogP contribution in [0.4, 0.5) is 0 Å². The van der Waals surface area contributed by atoms with Gasteiger partial charge >= 0.3 is 5.97 Å². The third-order valence-electron chi connectivity index (χ3n) is 1.73. The van der Waals surface area contributed by atoms with Crippen LogP contribution in [0.25, 0.3) is 0 Å². The zero-order chi connectivity index (χ0) is 10.9. The quantitative estimate of drug-likeness (QED) is 0.786. The fraction of sp³-hybridized carbons (Fsp3) is 0.222. The fourth-order valence-corrected chi connectivity index (χ4v) is 3.33. The summed E-state index contributed by atoms with van der Waals surface area (Å²) < 4.78 is 1.36. The molecule has 0 fully saturated rings. The van der Waals surface area contributed by atoms with Crippen molar-refractivity contribution in [1.82, 2.24) is 0 Å². The van der Waals surface area contributed by atoms with E-state index in [1.165, 1.54) is 0 Å². The SMILES string of the molecule is Cc1cc(Br)c(C(O)C(=O)O)c(I)c1. The zero-order valence-corrected chi connectivity index (χ0v) is 11.0. The van der Waals surface area contributed by atoms with E-state index in [2.05, 4.69) is 15.9 Å². The molecule has 0 radical (unpaired) electrons. The van der Waals surface area contributed by atoms with Gasteiger partial charge in [-0.05, 0) is 47.2 Å². The van der Waals surface area contributed by atoms with E-state index in [0.717, 1.165) is 9.13 Å². The summed E-state index contributed by atoms with van der Waals surface area (Å²) in [5.74, 6) is -1.24. The maximum absolute atomic E-state index is 10.6. The largest absolute Gasteiger partial charge is 0.479 e. The van der Waals surface area contributed by atoms with Crippen LogP contribution in [0.15, 0.2) is 16.6 Å². The number of aliphatic carboxylic acids is 1. The van der Waals surface area contributed by atoms with Crippen LogP contribution in [0.3, 0.4) is 0 Å². The Balaban J connectivity index is 3.27. The van der Waals surface area contributed by atoms with E-state index in [4.69, 9.17) is 5.11 Å². The predicted octanol–water partition coefficient (Wildman–Crippen LogP) is 2.48. The highest BCUT2D eigenvalue weighted by molar-refractivity contribution is 14.1. The Bertz CT molecular complexity index is 355. The summed E-state index contributed by atoms with van der Waals surface area (Å²) in [5, 5.41) is 18.1. The number of hydrogen-bond donors (Lipinski definition) is 2. The summed E-state index contributed by atoms with van der Waals surface area (Å²) >= 11 is 5.25. The maximum Gasteiger partial charge on any atom is 0.337 e. The normalized spacial score (nSPS) is 12.6. The monoisotopic (exact) mass is 370 g/mol. The molecule has 1 rings (SSSR count). The molecule has 0 bridgehead atoms. The van der Waals surface area contributed by atoms with Gasteiger partial charge in [0, 0.05) is 13.6 Å². The summed E-state index contributed by atoms with van der Waals surface area (Å²) in [6.07, 6.45) is -1.48. The van der Waals surface area contributed by atoms with Gasteiger partial charge in [0.15, 0.2) is 6.10 Å². The van der Waals surface area contributed by atoms with Gasteiger partial charge in [0.2, 0.25) is 0 Å². The smallest absolute Gasteiger partial charge is 0.337 e. The highest BCUT2D eigenvalue weighted by Crippen LogP contribution is 2.29. The van der Waals surface area contributed by atoms with Crippen LogP contribution < -0.4 is 0 Å². The molecule has 0 spiro atoms. The second-order valence-corrected chi connectivity index (χ2v) is 4.90. The van der Waals surface area contributed by atoms with Gasteiger partial charge in [-0.25, -0.2) is 4.79 Å². The first-order chi connectivity index (χ1) is 6.43. The van der Waals surface area contributed by atoms with Gasteiger partial charge in [-0.3, -0.25) is 0 Å². The second kappa shape index (κ2) is 4.59. The van der Waals surface area contributed by atoms with E-state index in [1.807, 2.05) is 35.6 Å². The Labute approximate surface area is 103 Å². The van der Waals surface area contributed by atoms with Crippen LogP contribution in [-0.4, -0.2) is 16.2 Å². The minimum absolute atomic E-state index is 0.406. The third-order valence-corrected chi connectivity index (χ3v) is 3.28. The Morgan fingerprint density at radius 2 is 2.14 bits per heavy atom. The third kappa shape index (κ3) is 2.46. The predicted molar refractivity (Wildman–Crippen MR) is 64.2 cm³/mol. The van der Waals surface area contributed by atoms with E-state index in [1.54, 1.807) is 6.07 Å². The lowest BCUT2D eigenvalue weighted by atomic mass is 10.1. The molecular formula is C9H8BrIO3. The molecule has 0 aliphatic rings. The number of rotatable bonds is 2. The average Bonchev–Trinajstić information content (AvgIpc) is 2.01. The number of halogens is 2. The molecule has 1 unspecified atom stereocenters. The number of aryl methyl sites for hydroxylation is 1. The minimum atomic E-state index is -1.48. The highest BCUT2D eigenvalue weighted by atomic mass is 127. The maximum atomic E-state index is 10.6. The van der Waals surface area contributed by atoms with Crippen molar-refractivity contribution in [2.24, 2.45) is 0 Å². The van der Waals surface area contributed by atoms with Crippen LogP contribution >= 0.6 is 38.5 Å². The standard InChI is InChI=1S/C9H8BrIO3/c1-4-2-5(10)7(6(11)3-4)8(12)9(13)14/h2-3,8,12H,1H3,(H,13,14). The van der Waals surface area contributed by atoms with Crippen LogP contribution in [0.5, 0.6) is 0 Å². The van der Waals surface area contributed by atoms with Crippen LogP contribution in [-0.2, 0) is 4.79 Å². The second-order valence-electron chi connectivity index (χ2n) is 2.88. The van der Waals surface area contributed by atoms with Gasteiger partial charge < -0.3 is 10.2 Å². The lowest BCUT2D eigenvalue weighted by molar-refractivity contribution is -0.147. The molecule has 0 aromatic heterocycles. The molecule has 1 aromatic carbocycles. The summed E-state index contributed by atoms with van der Waals surface area (Å²) in [4.78, 5) is 10.6. The number of benzene rings is 1. The lowest BCUT2D eigenvalue weighted by Crippen LogP contribution is -2.12. The number of carboxylic acid groups (broad SMARTS) is 1. The first kappa shape index (κ1) is 11.9. The van der Waals surface area contributed by atoms with Gasteiger partial charge in [0.1, 0.15) is 0 Å². The highest BCUT2D eigenvalue weighted by Gasteiger charge is 2.21. The molecule has 76 valence electrons. The number of aliphatic hydroxyl groups excluding tert-OH is 1. The topological polar surface area (TPSA) is 57.5 Å². The van der Waals surface area contributed by atoms with Crippen molar-refractivity contribution < 1.29 is 15.0 Å². The molecule has 0 saturated carbocycles. The Morgan fingerprint density at radius 3 is 2.57 bits per heavy atom. The summed E-state index contributed by atoms with van der Waals surface area (Å²) in [7, 11) is 0. The van der Waals surface area contributed by atoms with Crippen molar-refractivity contribution in [2.45, 2.75) is 13.0 Å².